The number of hydrogen-bond acceptors (Lipinski definition) is 3. The van der Waals surface area contributed by atoms with Gasteiger partial charge in [0.1, 0.15) is 6.79 Å². The van der Waals surface area contributed by atoms with Crippen LogP contribution in [0.5, 0.6) is 0 Å². The van der Waals surface area contributed by atoms with Crippen molar-refractivity contribution < 1.29 is 40.6 Å². The molecule has 0 heterocycles. The molecular formula is C21H32F6O3. The Morgan fingerprint density at radius 3 is 1.77 bits per heavy atom. The van der Waals surface area contributed by atoms with E-state index in [1.54, 1.807) is 0 Å². The van der Waals surface area contributed by atoms with Gasteiger partial charge in [-0.05, 0) is 70.6 Å². The third-order valence-electron chi connectivity index (χ3n) is 8.42. The molecule has 4 aliphatic rings. The zero-order valence-electron chi connectivity index (χ0n) is 18.0. The van der Waals surface area contributed by atoms with Gasteiger partial charge in [-0.2, -0.15) is 26.3 Å². The summed E-state index contributed by atoms with van der Waals surface area (Å²) in [5.41, 5.74) is -7.87. The number of halogens is 6. The molecule has 3 unspecified atom stereocenters. The summed E-state index contributed by atoms with van der Waals surface area (Å²) in [6.07, 6.45) is -9.35. The lowest BCUT2D eigenvalue weighted by atomic mass is 9.37. The Morgan fingerprint density at radius 2 is 1.37 bits per heavy atom. The molecule has 0 aliphatic heterocycles. The van der Waals surface area contributed by atoms with Crippen LogP contribution in [0.25, 0.3) is 0 Å². The smallest absolute Gasteiger partial charge is 0.378 e. The standard InChI is InChI=1S/C21H32F6O3/c1-5-16(3,28-4)17-8-14-7-15(9-17)11-18(10-14,12-17)19(20(22,23)24,21(25,26)27)30-13-29-6-2/h14-15H,5-13H2,1-4H3. The van der Waals surface area contributed by atoms with Crippen LogP contribution in [-0.4, -0.2) is 44.1 Å². The van der Waals surface area contributed by atoms with Gasteiger partial charge < -0.3 is 14.2 Å². The van der Waals surface area contributed by atoms with Gasteiger partial charge in [-0.25, -0.2) is 0 Å². The fraction of sp³-hybridized carbons (Fsp3) is 1.00. The topological polar surface area (TPSA) is 27.7 Å². The van der Waals surface area contributed by atoms with E-state index in [0.29, 0.717) is 25.7 Å². The van der Waals surface area contributed by atoms with Crippen molar-refractivity contribution in [2.75, 3.05) is 20.5 Å². The zero-order chi connectivity index (χ0) is 22.6. The highest BCUT2D eigenvalue weighted by Gasteiger charge is 2.84. The molecule has 4 fully saturated rings. The fourth-order valence-electron chi connectivity index (χ4n) is 7.32. The molecule has 30 heavy (non-hydrogen) atoms. The van der Waals surface area contributed by atoms with Crippen molar-refractivity contribution in [1.82, 2.24) is 0 Å². The maximum atomic E-state index is 14.5. The van der Waals surface area contributed by atoms with Crippen molar-refractivity contribution in [3.8, 4) is 0 Å². The third kappa shape index (κ3) is 3.20. The molecule has 0 aromatic carbocycles. The van der Waals surface area contributed by atoms with Crippen LogP contribution in [0.15, 0.2) is 0 Å². The minimum absolute atomic E-state index is 0.0361. The predicted molar refractivity (Wildman–Crippen MR) is 97.7 cm³/mol. The summed E-state index contributed by atoms with van der Waals surface area (Å²) < 4.78 is 102. The van der Waals surface area contributed by atoms with Crippen LogP contribution >= 0.6 is 0 Å². The molecule has 0 radical (unpaired) electrons. The van der Waals surface area contributed by atoms with Crippen LogP contribution in [0.3, 0.4) is 0 Å². The molecule has 0 spiro atoms. The molecule has 4 saturated carbocycles. The van der Waals surface area contributed by atoms with Crippen molar-refractivity contribution in [2.45, 2.75) is 89.3 Å². The summed E-state index contributed by atoms with van der Waals surface area (Å²) in [5.74, 6) is -0.404. The van der Waals surface area contributed by atoms with Gasteiger partial charge >= 0.3 is 12.4 Å². The molecule has 176 valence electrons. The van der Waals surface area contributed by atoms with Crippen molar-refractivity contribution in [3.63, 3.8) is 0 Å². The Labute approximate surface area is 173 Å². The van der Waals surface area contributed by atoms with Crippen LogP contribution in [-0.2, 0) is 14.2 Å². The molecular weight excluding hydrogens is 414 g/mol. The van der Waals surface area contributed by atoms with Crippen LogP contribution in [0.1, 0.15) is 65.7 Å². The van der Waals surface area contributed by atoms with Gasteiger partial charge in [0, 0.05) is 24.5 Å². The zero-order valence-corrected chi connectivity index (χ0v) is 18.0. The highest BCUT2D eigenvalue weighted by Crippen LogP contribution is 2.75. The highest BCUT2D eigenvalue weighted by atomic mass is 19.4. The first kappa shape index (κ1) is 24.1. The van der Waals surface area contributed by atoms with Gasteiger partial charge in [0.2, 0.25) is 0 Å². The Morgan fingerprint density at radius 1 is 0.867 bits per heavy atom. The first-order valence-corrected chi connectivity index (χ1v) is 10.7. The van der Waals surface area contributed by atoms with E-state index < -0.39 is 41.2 Å². The van der Waals surface area contributed by atoms with E-state index in [0.717, 1.165) is 0 Å². The summed E-state index contributed by atoms with van der Waals surface area (Å²) >= 11 is 0. The van der Waals surface area contributed by atoms with E-state index >= 15 is 0 Å². The first-order valence-electron chi connectivity index (χ1n) is 10.7. The number of hydrogen-bond donors (Lipinski definition) is 0. The van der Waals surface area contributed by atoms with Gasteiger partial charge in [0.25, 0.3) is 5.60 Å². The Kier molecular flexibility index (Phi) is 6.03. The minimum atomic E-state index is -5.62. The van der Waals surface area contributed by atoms with Crippen molar-refractivity contribution in [2.24, 2.45) is 22.7 Å². The highest BCUT2D eigenvalue weighted by molar-refractivity contribution is 5.21. The van der Waals surface area contributed by atoms with E-state index in [9.17, 15) is 26.3 Å². The lowest BCUT2D eigenvalue weighted by Crippen LogP contribution is -2.75. The Balaban J connectivity index is 2.18. The van der Waals surface area contributed by atoms with Gasteiger partial charge in [-0.3, -0.25) is 0 Å². The van der Waals surface area contributed by atoms with Crippen LogP contribution in [0.2, 0.25) is 0 Å². The van der Waals surface area contributed by atoms with E-state index in [-0.39, 0.29) is 37.7 Å². The molecule has 4 aliphatic carbocycles. The molecule has 9 heteroatoms. The van der Waals surface area contributed by atoms with Crippen LogP contribution < -0.4 is 0 Å². The second-order valence-electron chi connectivity index (χ2n) is 9.74. The van der Waals surface area contributed by atoms with E-state index in [1.165, 1.54) is 14.0 Å². The third-order valence-corrected chi connectivity index (χ3v) is 8.42. The predicted octanol–water partition coefficient (Wildman–Crippen LogP) is 6.26. The van der Waals surface area contributed by atoms with Crippen molar-refractivity contribution >= 4 is 0 Å². The fourth-order valence-corrected chi connectivity index (χ4v) is 7.32. The van der Waals surface area contributed by atoms with Gasteiger partial charge in [0.05, 0.1) is 5.60 Å². The number of alkyl halides is 6. The molecule has 3 nitrogen and oxygen atoms in total. The molecule has 0 aromatic rings. The van der Waals surface area contributed by atoms with Crippen molar-refractivity contribution in [1.29, 1.82) is 0 Å². The van der Waals surface area contributed by atoms with Crippen LogP contribution in [0, 0.1) is 22.7 Å². The number of ether oxygens (including phenoxy) is 3. The minimum Gasteiger partial charge on any atom is -0.378 e. The van der Waals surface area contributed by atoms with Crippen LogP contribution in [0.4, 0.5) is 26.3 Å². The van der Waals surface area contributed by atoms with Gasteiger partial charge in [-0.1, -0.05) is 6.92 Å². The molecule has 0 saturated heterocycles. The van der Waals surface area contributed by atoms with Gasteiger partial charge in [0.15, 0.2) is 0 Å². The Hall–Kier alpha value is -0.540. The molecule has 0 N–H and O–H groups in total. The maximum absolute atomic E-state index is 14.5. The summed E-state index contributed by atoms with van der Waals surface area (Å²) in [6, 6.07) is 0. The quantitative estimate of drug-likeness (QED) is 0.250. The van der Waals surface area contributed by atoms with Crippen molar-refractivity contribution in [3.05, 3.63) is 0 Å². The van der Waals surface area contributed by atoms with E-state index in [4.69, 9.17) is 14.2 Å². The molecule has 3 atom stereocenters. The largest absolute Gasteiger partial charge is 0.427 e. The lowest BCUT2D eigenvalue weighted by molar-refractivity contribution is -0.444. The molecule has 0 amide bonds. The average molecular weight is 446 g/mol. The summed E-state index contributed by atoms with van der Waals surface area (Å²) in [5, 5.41) is 0. The summed E-state index contributed by atoms with van der Waals surface area (Å²) in [4.78, 5) is 0. The average Bonchev–Trinajstić information content (AvgIpc) is 2.61. The van der Waals surface area contributed by atoms with E-state index in [2.05, 4.69) is 0 Å². The molecule has 0 aromatic heterocycles. The van der Waals surface area contributed by atoms with Gasteiger partial charge in [-0.15, -0.1) is 0 Å². The number of methoxy groups -OCH3 is 1. The second kappa shape index (κ2) is 7.51. The lowest BCUT2D eigenvalue weighted by Gasteiger charge is -2.69. The second-order valence-corrected chi connectivity index (χ2v) is 9.74. The molecule has 4 rings (SSSR count). The molecule has 4 bridgehead atoms. The Bertz CT molecular complexity index is 597. The summed E-state index contributed by atoms with van der Waals surface area (Å²) in [6.45, 7) is 4.12. The first-order chi connectivity index (χ1) is 13.8. The number of rotatable bonds is 8. The normalized spacial score (nSPS) is 36.2. The summed E-state index contributed by atoms with van der Waals surface area (Å²) in [7, 11) is 1.50. The maximum Gasteiger partial charge on any atom is 0.427 e. The monoisotopic (exact) mass is 446 g/mol. The SMILES string of the molecule is CCOCOC(C(F)(F)F)(C(F)(F)F)C12CC3CC(CC(C(C)(CC)OC)(C3)C1)C2. The van der Waals surface area contributed by atoms with E-state index in [1.807, 2.05) is 13.8 Å².